The molecule has 0 unspecified atom stereocenters. The molecule has 1 heterocycles. The molecule has 6 nitrogen and oxygen atoms in total. The second-order valence-corrected chi connectivity index (χ2v) is 5.41. The summed E-state index contributed by atoms with van der Waals surface area (Å²) in [7, 11) is 3.11. The van der Waals surface area contributed by atoms with Crippen molar-refractivity contribution < 1.29 is 24.2 Å². The van der Waals surface area contributed by atoms with E-state index in [0.717, 1.165) is 5.56 Å². The average Bonchev–Trinajstić information content (AvgIpc) is 2.59. The smallest absolute Gasteiger partial charge is 0.308 e. The number of hydrogen-bond acceptors (Lipinski definition) is 4. The van der Waals surface area contributed by atoms with Crippen molar-refractivity contribution in [2.24, 2.45) is 5.92 Å². The highest BCUT2D eigenvalue weighted by molar-refractivity contribution is 5.92. The molecule has 1 aromatic carbocycles. The highest BCUT2D eigenvalue weighted by Gasteiger charge is 2.27. The number of nitrogens with zero attached hydrogens (tertiary/aromatic N) is 1. The van der Waals surface area contributed by atoms with E-state index in [2.05, 4.69) is 0 Å². The summed E-state index contributed by atoms with van der Waals surface area (Å²) in [5.41, 5.74) is 0.808. The fraction of sp³-hybridized carbons (Fsp3) is 0.412. The van der Waals surface area contributed by atoms with E-state index in [9.17, 15) is 9.59 Å². The van der Waals surface area contributed by atoms with Crippen molar-refractivity contribution in [3.63, 3.8) is 0 Å². The molecule has 1 aliphatic heterocycles. The third-order valence-corrected chi connectivity index (χ3v) is 3.91. The molecule has 0 spiro atoms. The summed E-state index contributed by atoms with van der Waals surface area (Å²) in [6, 6.07) is 5.37. The van der Waals surface area contributed by atoms with Gasteiger partial charge in [-0.2, -0.15) is 0 Å². The van der Waals surface area contributed by atoms with Crippen molar-refractivity contribution in [2.45, 2.75) is 12.8 Å². The van der Waals surface area contributed by atoms with E-state index in [4.69, 9.17) is 14.6 Å². The Balaban J connectivity index is 2.04. The van der Waals surface area contributed by atoms with Gasteiger partial charge in [0.25, 0.3) is 0 Å². The summed E-state index contributed by atoms with van der Waals surface area (Å²) in [5.74, 6) is -0.276. The molecule has 1 saturated heterocycles. The number of rotatable bonds is 5. The summed E-state index contributed by atoms with van der Waals surface area (Å²) < 4.78 is 10.4. The van der Waals surface area contributed by atoms with E-state index in [1.54, 1.807) is 37.3 Å². The quantitative estimate of drug-likeness (QED) is 0.841. The van der Waals surface area contributed by atoms with Crippen LogP contribution in [0.2, 0.25) is 0 Å². The van der Waals surface area contributed by atoms with Gasteiger partial charge in [-0.3, -0.25) is 9.59 Å². The number of benzene rings is 1. The molecule has 0 aromatic heterocycles. The number of methoxy groups -OCH3 is 2. The van der Waals surface area contributed by atoms with Crippen LogP contribution in [-0.2, 0) is 9.59 Å². The number of likely N-dealkylation sites (tertiary alicyclic amines) is 1. The lowest BCUT2D eigenvalue weighted by molar-refractivity contribution is -0.144. The zero-order chi connectivity index (χ0) is 16.8. The van der Waals surface area contributed by atoms with Crippen molar-refractivity contribution in [1.82, 2.24) is 4.90 Å². The number of carboxylic acids is 1. The van der Waals surface area contributed by atoms with Crippen molar-refractivity contribution in [3.8, 4) is 11.5 Å². The van der Waals surface area contributed by atoms with Crippen LogP contribution >= 0.6 is 0 Å². The molecule has 1 N–H and O–H groups in total. The summed E-state index contributed by atoms with van der Waals surface area (Å²) in [6.07, 6.45) is 4.49. The molecule has 0 radical (unpaired) electrons. The van der Waals surface area contributed by atoms with Gasteiger partial charge in [-0.15, -0.1) is 0 Å². The van der Waals surface area contributed by atoms with Gasteiger partial charge in [0.05, 0.1) is 20.1 Å². The van der Waals surface area contributed by atoms with Gasteiger partial charge in [-0.25, -0.2) is 0 Å². The first-order chi connectivity index (χ1) is 11.0. The standard InChI is InChI=1S/C17H21NO5/c1-22-14-7-5-12(10-15(14)23-2)6-8-16(19)18-9-3-4-13(11-18)17(20)21/h5-8,10,13H,3-4,9,11H2,1-2H3,(H,20,21)/b8-6+/t13-/m1/s1. The van der Waals surface area contributed by atoms with Crippen LogP contribution in [-0.4, -0.2) is 49.2 Å². The van der Waals surface area contributed by atoms with Crippen LogP contribution in [0.25, 0.3) is 6.08 Å². The number of ether oxygens (including phenoxy) is 2. The summed E-state index contributed by atoms with van der Waals surface area (Å²) in [6.45, 7) is 0.864. The van der Waals surface area contributed by atoms with Gasteiger partial charge in [0.15, 0.2) is 11.5 Å². The Morgan fingerprint density at radius 3 is 2.65 bits per heavy atom. The minimum absolute atomic E-state index is 0.175. The zero-order valence-corrected chi connectivity index (χ0v) is 13.3. The number of aliphatic carboxylic acids is 1. The maximum atomic E-state index is 12.2. The van der Waals surface area contributed by atoms with Gasteiger partial charge >= 0.3 is 5.97 Å². The molecular weight excluding hydrogens is 298 g/mol. The number of hydrogen-bond donors (Lipinski definition) is 1. The normalized spacial score (nSPS) is 18.0. The van der Waals surface area contributed by atoms with Crippen molar-refractivity contribution in [1.29, 1.82) is 0 Å². The highest BCUT2D eigenvalue weighted by atomic mass is 16.5. The number of carbonyl (C=O) groups is 2. The molecular formula is C17H21NO5. The SMILES string of the molecule is COc1ccc(/C=C/C(=O)N2CCC[C@@H](C(=O)O)C2)cc1OC. The molecule has 1 amide bonds. The van der Waals surface area contributed by atoms with Gasteiger partial charge < -0.3 is 19.5 Å². The van der Waals surface area contributed by atoms with Crippen molar-refractivity contribution in [3.05, 3.63) is 29.8 Å². The Hall–Kier alpha value is -2.50. The van der Waals surface area contributed by atoms with Crippen LogP contribution in [0.3, 0.4) is 0 Å². The van der Waals surface area contributed by atoms with Crippen LogP contribution < -0.4 is 9.47 Å². The first-order valence-corrected chi connectivity index (χ1v) is 7.47. The largest absolute Gasteiger partial charge is 0.493 e. The maximum absolute atomic E-state index is 12.2. The first-order valence-electron chi connectivity index (χ1n) is 7.47. The van der Waals surface area contributed by atoms with Crippen molar-refractivity contribution in [2.75, 3.05) is 27.3 Å². The van der Waals surface area contributed by atoms with E-state index in [1.807, 2.05) is 6.07 Å². The fourth-order valence-electron chi connectivity index (χ4n) is 2.61. The Morgan fingerprint density at radius 2 is 2.00 bits per heavy atom. The van der Waals surface area contributed by atoms with E-state index in [0.29, 0.717) is 30.9 Å². The van der Waals surface area contributed by atoms with Gasteiger partial charge in [-0.1, -0.05) is 6.07 Å². The van der Waals surface area contributed by atoms with Gasteiger partial charge in [0.2, 0.25) is 5.91 Å². The molecule has 0 saturated carbocycles. The Morgan fingerprint density at radius 1 is 1.26 bits per heavy atom. The molecule has 1 atom stereocenters. The average molecular weight is 319 g/mol. The third-order valence-electron chi connectivity index (χ3n) is 3.91. The topological polar surface area (TPSA) is 76.1 Å². The number of amides is 1. The lowest BCUT2D eigenvalue weighted by Crippen LogP contribution is -2.41. The highest BCUT2D eigenvalue weighted by Crippen LogP contribution is 2.28. The van der Waals surface area contributed by atoms with Crippen LogP contribution in [0.1, 0.15) is 18.4 Å². The predicted molar refractivity (Wildman–Crippen MR) is 85.5 cm³/mol. The molecule has 0 aliphatic carbocycles. The van der Waals surface area contributed by atoms with E-state index < -0.39 is 11.9 Å². The van der Waals surface area contributed by atoms with E-state index in [-0.39, 0.29) is 12.5 Å². The van der Waals surface area contributed by atoms with Crippen LogP contribution in [0.4, 0.5) is 0 Å². The Kier molecular flexibility index (Phi) is 5.62. The van der Waals surface area contributed by atoms with E-state index in [1.165, 1.54) is 6.08 Å². The van der Waals surface area contributed by atoms with Crippen molar-refractivity contribution >= 4 is 18.0 Å². The second-order valence-electron chi connectivity index (χ2n) is 5.41. The summed E-state index contributed by atoms with van der Waals surface area (Å²) in [5, 5.41) is 9.07. The Labute approximate surface area is 135 Å². The molecule has 1 fully saturated rings. The molecule has 6 heteroatoms. The number of carboxylic acid groups (broad SMARTS) is 1. The lowest BCUT2D eigenvalue weighted by atomic mass is 9.98. The fourth-order valence-corrected chi connectivity index (χ4v) is 2.61. The van der Waals surface area contributed by atoms with Crippen LogP contribution in [0, 0.1) is 5.92 Å². The van der Waals surface area contributed by atoms with Crippen LogP contribution in [0.15, 0.2) is 24.3 Å². The molecule has 2 rings (SSSR count). The second kappa shape index (κ2) is 7.67. The zero-order valence-electron chi connectivity index (χ0n) is 13.3. The molecule has 1 aromatic rings. The number of carbonyl (C=O) groups excluding carboxylic acids is 1. The van der Waals surface area contributed by atoms with Gasteiger partial charge in [-0.05, 0) is 36.6 Å². The number of piperidine rings is 1. The van der Waals surface area contributed by atoms with Gasteiger partial charge in [0, 0.05) is 19.2 Å². The third kappa shape index (κ3) is 4.25. The minimum atomic E-state index is -0.841. The monoisotopic (exact) mass is 319 g/mol. The Bertz CT molecular complexity index is 611. The molecule has 0 bridgehead atoms. The first kappa shape index (κ1) is 16.9. The van der Waals surface area contributed by atoms with Crippen LogP contribution in [0.5, 0.6) is 11.5 Å². The van der Waals surface area contributed by atoms with Gasteiger partial charge in [0.1, 0.15) is 0 Å². The summed E-state index contributed by atoms with van der Waals surface area (Å²) >= 11 is 0. The summed E-state index contributed by atoms with van der Waals surface area (Å²) in [4.78, 5) is 24.8. The maximum Gasteiger partial charge on any atom is 0.308 e. The molecule has 23 heavy (non-hydrogen) atoms. The minimum Gasteiger partial charge on any atom is -0.493 e. The lowest BCUT2D eigenvalue weighted by Gasteiger charge is -2.29. The molecule has 1 aliphatic rings. The predicted octanol–water partition coefficient (Wildman–Crippen LogP) is 2.04. The molecule has 124 valence electrons. The van der Waals surface area contributed by atoms with E-state index >= 15 is 0 Å².